The fourth-order valence-corrected chi connectivity index (χ4v) is 2.66. The van der Waals surface area contributed by atoms with Crippen molar-refractivity contribution < 1.29 is 14.4 Å². The zero-order valence-electron chi connectivity index (χ0n) is 14.3. The standard InChI is InChI=1S/C19H24N2O2/c1-14-7-5-8-15(2)19(14)20-18(22)13-21(3)12-16-9-6-10-17(11-16)23-4/h5-11H,12-13H2,1-4H3,(H,20,22)/p+1. The Bertz CT molecular complexity index is 663. The van der Waals surface area contributed by atoms with Gasteiger partial charge in [0.2, 0.25) is 0 Å². The summed E-state index contributed by atoms with van der Waals surface area (Å²) in [5.41, 5.74) is 4.25. The van der Waals surface area contributed by atoms with E-state index in [1.807, 2.05) is 57.3 Å². The number of amides is 1. The average molecular weight is 313 g/mol. The van der Waals surface area contributed by atoms with Crippen LogP contribution in [0, 0.1) is 13.8 Å². The Morgan fingerprint density at radius 3 is 2.43 bits per heavy atom. The lowest BCUT2D eigenvalue weighted by Gasteiger charge is -2.16. The number of quaternary nitrogens is 1. The van der Waals surface area contributed by atoms with E-state index in [4.69, 9.17) is 4.74 Å². The predicted molar refractivity (Wildman–Crippen MR) is 93.0 cm³/mol. The summed E-state index contributed by atoms with van der Waals surface area (Å²) in [6.45, 7) is 5.22. The quantitative estimate of drug-likeness (QED) is 0.856. The molecule has 2 aromatic rings. The number of aryl methyl sites for hydroxylation is 2. The van der Waals surface area contributed by atoms with Crippen molar-refractivity contribution in [3.05, 3.63) is 59.2 Å². The third kappa shape index (κ3) is 4.83. The number of carbonyl (C=O) groups is 1. The predicted octanol–water partition coefficient (Wildman–Crippen LogP) is 1.97. The van der Waals surface area contributed by atoms with Crippen molar-refractivity contribution in [2.24, 2.45) is 0 Å². The number of anilines is 1. The van der Waals surface area contributed by atoms with Crippen LogP contribution in [-0.2, 0) is 11.3 Å². The molecule has 0 fully saturated rings. The number of nitrogens with one attached hydrogen (secondary N) is 2. The van der Waals surface area contributed by atoms with Crippen molar-refractivity contribution in [2.45, 2.75) is 20.4 Å². The molecule has 2 N–H and O–H groups in total. The van der Waals surface area contributed by atoms with Crippen molar-refractivity contribution in [2.75, 3.05) is 26.0 Å². The molecule has 0 aliphatic rings. The van der Waals surface area contributed by atoms with Crippen LogP contribution in [0.5, 0.6) is 5.75 Å². The third-order valence-corrected chi connectivity index (χ3v) is 3.85. The minimum absolute atomic E-state index is 0.0304. The van der Waals surface area contributed by atoms with Gasteiger partial charge in [0.05, 0.1) is 14.2 Å². The van der Waals surface area contributed by atoms with Gasteiger partial charge >= 0.3 is 0 Å². The van der Waals surface area contributed by atoms with E-state index < -0.39 is 0 Å². The highest BCUT2D eigenvalue weighted by atomic mass is 16.5. The zero-order chi connectivity index (χ0) is 16.8. The number of ether oxygens (including phenoxy) is 1. The molecular formula is C19H25N2O2+. The normalized spacial score (nSPS) is 11.8. The maximum atomic E-state index is 12.3. The van der Waals surface area contributed by atoms with E-state index in [0.717, 1.165) is 39.6 Å². The smallest absolute Gasteiger partial charge is 0.279 e. The van der Waals surface area contributed by atoms with Gasteiger partial charge in [0.25, 0.3) is 5.91 Å². The molecule has 0 aliphatic heterocycles. The van der Waals surface area contributed by atoms with Gasteiger partial charge in [-0.3, -0.25) is 4.79 Å². The van der Waals surface area contributed by atoms with Gasteiger partial charge in [0, 0.05) is 11.3 Å². The molecule has 4 nitrogen and oxygen atoms in total. The number of rotatable bonds is 6. The largest absolute Gasteiger partial charge is 0.497 e. The first-order valence-electron chi connectivity index (χ1n) is 7.80. The molecule has 0 bridgehead atoms. The van der Waals surface area contributed by atoms with E-state index in [1.165, 1.54) is 0 Å². The lowest BCUT2D eigenvalue weighted by Crippen LogP contribution is -3.08. The maximum Gasteiger partial charge on any atom is 0.279 e. The Kier molecular flexibility index (Phi) is 5.77. The molecule has 0 heterocycles. The molecule has 4 heteroatoms. The van der Waals surface area contributed by atoms with Crippen LogP contribution in [0.3, 0.4) is 0 Å². The average Bonchev–Trinajstić information content (AvgIpc) is 2.51. The van der Waals surface area contributed by atoms with Gasteiger partial charge in [-0.15, -0.1) is 0 Å². The Morgan fingerprint density at radius 2 is 1.78 bits per heavy atom. The topological polar surface area (TPSA) is 42.8 Å². The molecule has 0 radical (unpaired) electrons. The SMILES string of the molecule is COc1cccc(C[NH+](C)CC(=O)Nc2c(C)cccc2C)c1. The van der Waals surface area contributed by atoms with E-state index in [9.17, 15) is 4.79 Å². The number of benzene rings is 2. The van der Waals surface area contributed by atoms with Crippen LogP contribution < -0.4 is 15.0 Å². The van der Waals surface area contributed by atoms with Gasteiger partial charge in [0.1, 0.15) is 12.3 Å². The molecular weight excluding hydrogens is 288 g/mol. The summed E-state index contributed by atoms with van der Waals surface area (Å²) in [7, 11) is 3.68. The first-order chi connectivity index (χ1) is 11.0. The summed E-state index contributed by atoms with van der Waals surface area (Å²) in [5, 5.41) is 3.03. The molecule has 122 valence electrons. The second-order valence-corrected chi connectivity index (χ2v) is 5.98. The molecule has 0 aliphatic carbocycles. The number of para-hydroxylation sites is 1. The minimum Gasteiger partial charge on any atom is -0.497 e. The van der Waals surface area contributed by atoms with E-state index in [-0.39, 0.29) is 5.91 Å². The summed E-state index contributed by atoms with van der Waals surface area (Å²) < 4.78 is 5.23. The summed E-state index contributed by atoms with van der Waals surface area (Å²) in [6.07, 6.45) is 0. The summed E-state index contributed by atoms with van der Waals surface area (Å²) >= 11 is 0. The van der Waals surface area contributed by atoms with Crippen LogP contribution in [0.2, 0.25) is 0 Å². The van der Waals surface area contributed by atoms with Gasteiger partial charge in [-0.2, -0.15) is 0 Å². The highest BCUT2D eigenvalue weighted by molar-refractivity contribution is 5.93. The number of carbonyl (C=O) groups excluding carboxylic acids is 1. The van der Waals surface area contributed by atoms with Crippen LogP contribution in [0.4, 0.5) is 5.69 Å². The van der Waals surface area contributed by atoms with Gasteiger partial charge in [-0.1, -0.05) is 30.3 Å². The second kappa shape index (κ2) is 7.79. The third-order valence-electron chi connectivity index (χ3n) is 3.85. The Labute approximate surface area is 138 Å². The summed E-state index contributed by atoms with van der Waals surface area (Å²) in [5.74, 6) is 0.873. The minimum atomic E-state index is 0.0304. The second-order valence-electron chi connectivity index (χ2n) is 5.98. The van der Waals surface area contributed by atoms with Gasteiger partial charge < -0.3 is 15.0 Å². The fourth-order valence-electron chi connectivity index (χ4n) is 2.66. The lowest BCUT2D eigenvalue weighted by atomic mass is 10.1. The van der Waals surface area contributed by atoms with Gasteiger partial charge in [0.15, 0.2) is 6.54 Å². The first kappa shape index (κ1) is 17.0. The first-order valence-corrected chi connectivity index (χ1v) is 7.80. The van der Waals surface area contributed by atoms with Crippen molar-refractivity contribution >= 4 is 11.6 Å². The highest BCUT2D eigenvalue weighted by Crippen LogP contribution is 2.18. The monoisotopic (exact) mass is 313 g/mol. The lowest BCUT2D eigenvalue weighted by molar-refractivity contribution is -0.885. The molecule has 1 amide bonds. The molecule has 0 spiro atoms. The van der Waals surface area contributed by atoms with Crippen LogP contribution in [0.1, 0.15) is 16.7 Å². The van der Waals surface area contributed by atoms with Crippen molar-refractivity contribution in [3.63, 3.8) is 0 Å². The summed E-state index contributed by atoms with van der Waals surface area (Å²) in [6, 6.07) is 14.0. The van der Waals surface area contributed by atoms with E-state index >= 15 is 0 Å². The maximum absolute atomic E-state index is 12.3. The fraction of sp³-hybridized carbons (Fsp3) is 0.316. The number of methoxy groups -OCH3 is 1. The van der Waals surface area contributed by atoms with Crippen molar-refractivity contribution in [1.82, 2.24) is 0 Å². The van der Waals surface area contributed by atoms with Crippen molar-refractivity contribution in [1.29, 1.82) is 0 Å². The highest BCUT2D eigenvalue weighted by Gasteiger charge is 2.13. The van der Waals surface area contributed by atoms with Crippen LogP contribution >= 0.6 is 0 Å². The molecule has 1 unspecified atom stereocenters. The molecule has 2 rings (SSSR count). The van der Waals surface area contributed by atoms with E-state index in [2.05, 4.69) is 11.4 Å². The van der Waals surface area contributed by atoms with Crippen LogP contribution in [-0.4, -0.2) is 26.6 Å². The van der Waals surface area contributed by atoms with Crippen LogP contribution in [0.25, 0.3) is 0 Å². The Hall–Kier alpha value is -2.33. The molecule has 1 atom stereocenters. The molecule has 23 heavy (non-hydrogen) atoms. The van der Waals surface area contributed by atoms with E-state index in [1.54, 1.807) is 7.11 Å². The molecule has 0 aromatic heterocycles. The van der Waals surface area contributed by atoms with Gasteiger partial charge in [-0.05, 0) is 37.1 Å². The number of hydrogen-bond donors (Lipinski definition) is 2. The molecule has 0 saturated heterocycles. The van der Waals surface area contributed by atoms with E-state index in [0.29, 0.717) is 6.54 Å². The van der Waals surface area contributed by atoms with Crippen molar-refractivity contribution in [3.8, 4) is 5.75 Å². The number of likely N-dealkylation sites (N-methyl/N-ethyl adjacent to an activating group) is 1. The Balaban J connectivity index is 1.94. The van der Waals surface area contributed by atoms with Gasteiger partial charge in [-0.25, -0.2) is 0 Å². The zero-order valence-corrected chi connectivity index (χ0v) is 14.3. The molecule has 2 aromatic carbocycles. The molecule has 0 saturated carbocycles. The number of hydrogen-bond acceptors (Lipinski definition) is 2. The Morgan fingerprint density at radius 1 is 1.13 bits per heavy atom. The summed E-state index contributed by atoms with van der Waals surface area (Å²) in [4.78, 5) is 13.4. The van der Waals surface area contributed by atoms with Crippen LogP contribution in [0.15, 0.2) is 42.5 Å².